The van der Waals surface area contributed by atoms with Crippen molar-refractivity contribution < 1.29 is 18.8 Å². The smallest absolute Gasteiger partial charge is 0.260 e. The van der Waals surface area contributed by atoms with Gasteiger partial charge in [-0.2, -0.15) is 0 Å². The van der Waals surface area contributed by atoms with E-state index in [0.29, 0.717) is 16.9 Å². The van der Waals surface area contributed by atoms with Crippen LogP contribution >= 0.6 is 0 Å². The van der Waals surface area contributed by atoms with Crippen molar-refractivity contribution in [3.05, 3.63) is 119 Å². The predicted octanol–water partition coefficient (Wildman–Crippen LogP) is 6.42. The molecule has 0 aliphatic rings. The first-order valence-corrected chi connectivity index (χ1v) is 13.0. The molecule has 7 heteroatoms. The first-order valence-electron chi connectivity index (χ1n) is 13.0. The van der Waals surface area contributed by atoms with Gasteiger partial charge in [-0.1, -0.05) is 78.9 Å². The molecule has 7 nitrogen and oxygen atoms in total. The van der Waals surface area contributed by atoms with Gasteiger partial charge in [-0.25, -0.2) is 0 Å². The fourth-order valence-electron chi connectivity index (χ4n) is 4.47. The molecule has 0 spiro atoms. The SMILES string of the molecule is Cc1onc(OCc2ccccc2)c1[C@@H](C(=O)NC(C)(C)C)N(C(=O)c1ccccc1)[C@@H](C)c1ccccc1. The van der Waals surface area contributed by atoms with Crippen LogP contribution in [0.15, 0.2) is 95.5 Å². The summed E-state index contributed by atoms with van der Waals surface area (Å²) in [5.74, 6) is -0.0733. The lowest BCUT2D eigenvalue weighted by atomic mass is 9.97. The van der Waals surface area contributed by atoms with Crippen molar-refractivity contribution in [2.24, 2.45) is 0 Å². The number of aryl methyl sites for hydroxylation is 1. The summed E-state index contributed by atoms with van der Waals surface area (Å²) < 4.78 is 11.7. The van der Waals surface area contributed by atoms with Gasteiger partial charge in [-0.05, 0) is 63.0 Å². The maximum Gasteiger partial charge on any atom is 0.260 e. The number of nitrogens with one attached hydrogen (secondary N) is 1. The van der Waals surface area contributed by atoms with E-state index in [4.69, 9.17) is 9.26 Å². The van der Waals surface area contributed by atoms with Crippen molar-refractivity contribution in [1.82, 2.24) is 15.4 Å². The minimum atomic E-state index is -1.08. The Balaban J connectivity index is 1.85. The van der Waals surface area contributed by atoms with Gasteiger partial charge in [0.05, 0.1) is 11.6 Å². The number of aromatic nitrogens is 1. The zero-order valence-corrected chi connectivity index (χ0v) is 23.0. The zero-order valence-electron chi connectivity index (χ0n) is 23.0. The van der Waals surface area contributed by atoms with Gasteiger partial charge in [0.25, 0.3) is 11.8 Å². The van der Waals surface area contributed by atoms with Crippen molar-refractivity contribution in [2.45, 2.75) is 58.8 Å². The molecule has 0 unspecified atom stereocenters. The highest BCUT2D eigenvalue weighted by Gasteiger charge is 2.41. The number of rotatable bonds is 9. The monoisotopic (exact) mass is 525 g/mol. The second-order valence-electron chi connectivity index (χ2n) is 10.5. The number of carbonyl (C=O) groups is 2. The van der Waals surface area contributed by atoms with E-state index in [1.54, 1.807) is 24.0 Å². The minimum absolute atomic E-state index is 0.177. The molecule has 2 amide bonds. The Morgan fingerprint density at radius 2 is 1.49 bits per heavy atom. The fraction of sp³-hybridized carbons (Fsp3) is 0.281. The quantitative estimate of drug-likeness (QED) is 0.273. The molecule has 0 saturated carbocycles. The van der Waals surface area contributed by atoms with Gasteiger partial charge >= 0.3 is 0 Å². The molecule has 0 fully saturated rings. The van der Waals surface area contributed by atoms with Crippen LogP contribution < -0.4 is 10.1 Å². The predicted molar refractivity (Wildman–Crippen MR) is 150 cm³/mol. The van der Waals surface area contributed by atoms with Gasteiger partial charge in [-0.15, -0.1) is 0 Å². The summed E-state index contributed by atoms with van der Waals surface area (Å²) in [7, 11) is 0. The van der Waals surface area contributed by atoms with E-state index in [-0.39, 0.29) is 24.3 Å². The molecule has 202 valence electrons. The Kier molecular flexibility index (Phi) is 8.49. The summed E-state index contributed by atoms with van der Waals surface area (Å²) in [5, 5.41) is 7.23. The van der Waals surface area contributed by atoms with Crippen LogP contribution in [0.3, 0.4) is 0 Å². The standard InChI is InChI=1S/C32H35N3O4/c1-22(25-17-11-7-12-18-25)35(31(37)26-19-13-8-14-20-26)28(29(36)33-32(3,4)5)27-23(2)39-34-30(27)38-21-24-15-9-6-10-16-24/h6-20,22,28H,21H2,1-5H3,(H,33,36)/t22-,28-/m0/s1. The molecule has 3 aromatic carbocycles. The molecule has 1 aromatic heterocycles. The van der Waals surface area contributed by atoms with E-state index in [2.05, 4.69) is 10.5 Å². The van der Waals surface area contributed by atoms with Gasteiger partial charge in [0.1, 0.15) is 18.4 Å². The number of nitrogens with zero attached hydrogens (tertiary/aromatic N) is 2. The highest BCUT2D eigenvalue weighted by atomic mass is 16.5. The molecule has 0 aliphatic carbocycles. The minimum Gasteiger partial charge on any atom is -0.470 e. The average molecular weight is 526 g/mol. The highest BCUT2D eigenvalue weighted by molar-refractivity contribution is 5.98. The second-order valence-corrected chi connectivity index (χ2v) is 10.5. The Bertz CT molecular complexity index is 1380. The molecular formula is C32H35N3O4. The van der Waals surface area contributed by atoms with E-state index in [9.17, 15) is 9.59 Å². The van der Waals surface area contributed by atoms with Crippen molar-refractivity contribution >= 4 is 11.8 Å². The third-order valence-corrected chi connectivity index (χ3v) is 6.35. The van der Waals surface area contributed by atoms with Crippen molar-refractivity contribution in [1.29, 1.82) is 0 Å². The maximum atomic E-state index is 14.2. The van der Waals surface area contributed by atoms with E-state index >= 15 is 0 Å². The van der Waals surface area contributed by atoms with Gasteiger partial charge in [0, 0.05) is 11.1 Å². The molecule has 0 bridgehead atoms. The largest absolute Gasteiger partial charge is 0.470 e. The van der Waals surface area contributed by atoms with E-state index in [0.717, 1.165) is 11.1 Å². The van der Waals surface area contributed by atoms with Crippen LogP contribution in [0.1, 0.15) is 72.6 Å². The Hall–Kier alpha value is -4.39. The normalized spacial score (nSPS) is 12.8. The summed E-state index contributed by atoms with van der Waals surface area (Å²) in [4.78, 5) is 29.9. The Labute approximate surface area is 229 Å². The van der Waals surface area contributed by atoms with Crippen LogP contribution in [0.5, 0.6) is 5.88 Å². The van der Waals surface area contributed by atoms with E-state index in [1.807, 2.05) is 107 Å². The summed E-state index contributed by atoms with van der Waals surface area (Å²) in [6, 6.07) is 26.7. The molecule has 0 aliphatic heterocycles. The van der Waals surface area contributed by atoms with Gasteiger partial charge in [0.2, 0.25) is 5.91 Å². The number of hydrogen-bond donors (Lipinski definition) is 1. The number of amides is 2. The molecule has 39 heavy (non-hydrogen) atoms. The van der Waals surface area contributed by atoms with Crippen LogP contribution in [0.25, 0.3) is 0 Å². The third kappa shape index (κ3) is 6.74. The molecular weight excluding hydrogens is 490 g/mol. The summed E-state index contributed by atoms with van der Waals surface area (Å²) in [6.07, 6.45) is 0. The fourth-order valence-corrected chi connectivity index (χ4v) is 4.47. The molecule has 1 N–H and O–H groups in total. The summed E-state index contributed by atoms with van der Waals surface area (Å²) >= 11 is 0. The molecule has 0 saturated heterocycles. The Morgan fingerprint density at radius 1 is 0.923 bits per heavy atom. The molecule has 0 radical (unpaired) electrons. The first kappa shape index (κ1) is 27.6. The van der Waals surface area contributed by atoms with Crippen LogP contribution in [0.4, 0.5) is 0 Å². The van der Waals surface area contributed by atoms with E-state index < -0.39 is 17.6 Å². The van der Waals surface area contributed by atoms with Gasteiger partial charge < -0.3 is 19.5 Å². The zero-order chi connectivity index (χ0) is 28.0. The lowest BCUT2D eigenvalue weighted by Gasteiger charge is -2.37. The Morgan fingerprint density at radius 3 is 2.08 bits per heavy atom. The number of benzene rings is 3. The van der Waals surface area contributed by atoms with Crippen molar-refractivity contribution in [3.63, 3.8) is 0 Å². The van der Waals surface area contributed by atoms with Gasteiger partial charge in [-0.3, -0.25) is 9.59 Å². The van der Waals surface area contributed by atoms with Crippen molar-refractivity contribution in [2.75, 3.05) is 0 Å². The maximum absolute atomic E-state index is 14.2. The van der Waals surface area contributed by atoms with Crippen molar-refractivity contribution in [3.8, 4) is 5.88 Å². The van der Waals surface area contributed by atoms with E-state index in [1.165, 1.54) is 0 Å². The lowest BCUT2D eigenvalue weighted by Crippen LogP contribution is -2.50. The lowest BCUT2D eigenvalue weighted by molar-refractivity contribution is -0.128. The summed E-state index contributed by atoms with van der Waals surface area (Å²) in [6.45, 7) is 9.58. The molecule has 2 atom stereocenters. The second kappa shape index (κ2) is 12.0. The molecule has 1 heterocycles. The summed E-state index contributed by atoms with van der Waals surface area (Å²) in [5.41, 5.74) is 2.16. The topological polar surface area (TPSA) is 84.7 Å². The number of ether oxygens (including phenoxy) is 1. The molecule has 4 rings (SSSR count). The number of hydrogen-bond acceptors (Lipinski definition) is 5. The highest BCUT2D eigenvalue weighted by Crippen LogP contribution is 2.39. The van der Waals surface area contributed by atoms with Crippen LogP contribution in [-0.2, 0) is 11.4 Å². The number of carbonyl (C=O) groups excluding carboxylic acids is 2. The molecule has 4 aromatic rings. The van der Waals surface area contributed by atoms with Gasteiger partial charge in [0.15, 0.2) is 0 Å². The van der Waals surface area contributed by atoms with Crippen LogP contribution in [0.2, 0.25) is 0 Å². The first-order chi connectivity index (χ1) is 18.7. The van der Waals surface area contributed by atoms with Crippen LogP contribution in [0, 0.1) is 6.92 Å². The van der Waals surface area contributed by atoms with Crippen LogP contribution in [-0.4, -0.2) is 27.4 Å². The third-order valence-electron chi connectivity index (χ3n) is 6.35. The average Bonchev–Trinajstić information content (AvgIpc) is 3.29.